The molecule has 0 N–H and O–H groups in total. The van der Waals surface area contributed by atoms with Gasteiger partial charge in [0.15, 0.2) is 0 Å². The standard InChI is InChI=1S/C27H24ClN3OS/c28-26-13-12-25(33-26)24-19-22(21-10-4-5-11-23(21)29-24)27(32)31-17-15-30(16-18-31)14-6-9-20-7-2-1-3-8-20/h1-13,19H,14-18H2/b9-6+. The van der Waals surface area contributed by atoms with Crippen LogP contribution in [0.25, 0.3) is 27.6 Å². The smallest absolute Gasteiger partial charge is 0.254 e. The Balaban J connectivity index is 1.31. The summed E-state index contributed by atoms with van der Waals surface area (Å²) in [5, 5.41) is 0.891. The highest BCUT2D eigenvalue weighted by Crippen LogP contribution is 2.32. The largest absolute Gasteiger partial charge is 0.336 e. The highest BCUT2D eigenvalue weighted by Gasteiger charge is 2.24. The number of hydrogen-bond acceptors (Lipinski definition) is 4. The molecule has 4 aromatic rings. The Bertz CT molecular complexity index is 1290. The van der Waals surface area contributed by atoms with Gasteiger partial charge in [-0.05, 0) is 29.8 Å². The number of halogens is 1. The summed E-state index contributed by atoms with van der Waals surface area (Å²) < 4.78 is 0.713. The zero-order chi connectivity index (χ0) is 22.6. The Hall–Kier alpha value is -2.99. The summed E-state index contributed by atoms with van der Waals surface area (Å²) >= 11 is 7.62. The van der Waals surface area contributed by atoms with Gasteiger partial charge in [-0.2, -0.15) is 0 Å². The molecule has 1 aliphatic rings. The maximum absolute atomic E-state index is 13.6. The van der Waals surface area contributed by atoms with E-state index in [-0.39, 0.29) is 5.91 Å². The summed E-state index contributed by atoms with van der Waals surface area (Å²) in [5.74, 6) is 0.0666. The van der Waals surface area contributed by atoms with Crippen molar-refractivity contribution < 1.29 is 4.79 Å². The second-order valence-electron chi connectivity index (χ2n) is 8.08. The molecular weight excluding hydrogens is 450 g/mol. The number of amides is 1. The van der Waals surface area contributed by atoms with Crippen LogP contribution in [-0.2, 0) is 0 Å². The van der Waals surface area contributed by atoms with E-state index >= 15 is 0 Å². The molecule has 0 aliphatic carbocycles. The fourth-order valence-corrected chi connectivity index (χ4v) is 5.14. The zero-order valence-electron chi connectivity index (χ0n) is 18.2. The molecule has 166 valence electrons. The predicted octanol–water partition coefficient (Wildman–Crippen LogP) is 6.09. The molecule has 1 aliphatic heterocycles. The monoisotopic (exact) mass is 473 g/mol. The average Bonchev–Trinajstić information content (AvgIpc) is 3.30. The summed E-state index contributed by atoms with van der Waals surface area (Å²) in [6.07, 6.45) is 4.35. The summed E-state index contributed by atoms with van der Waals surface area (Å²) in [6, 6.07) is 23.9. The van der Waals surface area contributed by atoms with Crippen molar-refractivity contribution >= 4 is 45.8 Å². The van der Waals surface area contributed by atoms with Crippen molar-refractivity contribution in [1.82, 2.24) is 14.8 Å². The van der Waals surface area contributed by atoms with Crippen molar-refractivity contribution in [3.05, 3.63) is 94.3 Å². The number of fused-ring (bicyclic) bond motifs is 1. The number of carbonyl (C=O) groups excluding carboxylic acids is 1. The third kappa shape index (κ3) is 5.01. The van der Waals surface area contributed by atoms with Crippen LogP contribution in [0, 0.1) is 0 Å². The van der Waals surface area contributed by atoms with Crippen molar-refractivity contribution in [2.24, 2.45) is 0 Å². The van der Waals surface area contributed by atoms with E-state index < -0.39 is 0 Å². The fourth-order valence-electron chi connectivity index (χ4n) is 4.14. The lowest BCUT2D eigenvalue weighted by atomic mass is 10.1. The molecule has 1 amide bonds. The molecule has 2 aromatic carbocycles. The van der Waals surface area contributed by atoms with Gasteiger partial charge in [-0.3, -0.25) is 9.69 Å². The zero-order valence-corrected chi connectivity index (χ0v) is 19.7. The van der Waals surface area contributed by atoms with E-state index in [1.807, 2.05) is 65.6 Å². The second kappa shape index (κ2) is 9.87. The lowest BCUT2D eigenvalue weighted by Gasteiger charge is -2.34. The van der Waals surface area contributed by atoms with Crippen LogP contribution in [0.2, 0.25) is 4.34 Å². The Labute approximate surface area is 202 Å². The van der Waals surface area contributed by atoms with Gasteiger partial charge in [0.25, 0.3) is 5.91 Å². The number of nitrogens with zero attached hydrogens (tertiary/aromatic N) is 3. The minimum absolute atomic E-state index is 0.0666. The molecule has 5 rings (SSSR count). The number of para-hydroxylation sites is 1. The number of thiophene rings is 1. The summed E-state index contributed by atoms with van der Waals surface area (Å²) in [5.41, 5.74) is 3.53. The first-order valence-electron chi connectivity index (χ1n) is 11.1. The molecule has 0 unspecified atom stereocenters. The van der Waals surface area contributed by atoms with Gasteiger partial charge in [0.2, 0.25) is 0 Å². The maximum atomic E-state index is 13.6. The molecular formula is C27H24ClN3OS. The highest BCUT2D eigenvalue weighted by molar-refractivity contribution is 7.19. The average molecular weight is 474 g/mol. The molecule has 33 heavy (non-hydrogen) atoms. The number of carbonyl (C=O) groups is 1. The van der Waals surface area contributed by atoms with Crippen LogP contribution in [0.1, 0.15) is 15.9 Å². The van der Waals surface area contributed by atoms with E-state index in [1.165, 1.54) is 16.9 Å². The fraction of sp³-hybridized carbons (Fsp3) is 0.185. The van der Waals surface area contributed by atoms with Crippen molar-refractivity contribution in [2.75, 3.05) is 32.7 Å². The molecule has 0 spiro atoms. The van der Waals surface area contributed by atoms with E-state index in [2.05, 4.69) is 29.2 Å². The summed E-state index contributed by atoms with van der Waals surface area (Å²) in [4.78, 5) is 23.6. The van der Waals surface area contributed by atoms with Gasteiger partial charge >= 0.3 is 0 Å². The third-order valence-electron chi connectivity index (χ3n) is 5.91. The molecule has 0 bridgehead atoms. The van der Waals surface area contributed by atoms with Crippen molar-refractivity contribution in [1.29, 1.82) is 0 Å². The topological polar surface area (TPSA) is 36.4 Å². The molecule has 0 radical (unpaired) electrons. The minimum Gasteiger partial charge on any atom is -0.336 e. The molecule has 0 atom stereocenters. The van der Waals surface area contributed by atoms with Crippen molar-refractivity contribution in [3.63, 3.8) is 0 Å². The summed E-state index contributed by atoms with van der Waals surface area (Å²) in [7, 11) is 0. The number of benzene rings is 2. The van der Waals surface area contributed by atoms with E-state index in [0.717, 1.165) is 54.2 Å². The van der Waals surface area contributed by atoms with Gasteiger partial charge in [-0.15, -0.1) is 11.3 Å². The van der Waals surface area contributed by atoms with Crippen LogP contribution in [-0.4, -0.2) is 53.4 Å². The maximum Gasteiger partial charge on any atom is 0.254 e. The lowest BCUT2D eigenvalue weighted by molar-refractivity contribution is 0.0652. The van der Waals surface area contributed by atoms with Crippen LogP contribution in [0.5, 0.6) is 0 Å². The molecule has 2 aromatic heterocycles. The van der Waals surface area contributed by atoms with E-state index in [9.17, 15) is 4.79 Å². The van der Waals surface area contributed by atoms with Crippen LogP contribution in [0.3, 0.4) is 0 Å². The predicted molar refractivity (Wildman–Crippen MR) is 138 cm³/mol. The second-order valence-corrected chi connectivity index (χ2v) is 9.80. The Morgan fingerprint density at radius 1 is 0.970 bits per heavy atom. The van der Waals surface area contributed by atoms with Gasteiger partial charge in [0.1, 0.15) is 0 Å². The van der Waals surface area contributed by atoms with Crippen molar-refractivity contribution in [3.8, 4) is 10.6 Å². The highest BCUT2D eigenvalue weighted by atomic mass is 35.5. The third-order valence-corrected chi connectivity index (χ3v) is 7.16. The number of rotatable bonds is 5. The Kier molecular flexibility index (Phi) is 6.53. The molecule has 0 saturated carbocycles. The number of hydrogen-bond donors (Lipinski definition) is 0. The molecule has 6 heteroatoms. The van der Waals surface area contributed by atoms with Gasteiger partial charge in [-0.25, -0.2) is 4.98 Å². The van der Waals surface area contributed by atoms with Crippen LogP contribution in [0.15, 0.2) is 78.9 Å². The van der Waals surface area contributed by atoms with Gasteiger partial charge in [-0.1, -0.05) is 72.3 Å². The number of aromatic nitrogens is 1. The summed E-state index contributed by atoms with van der Waals surface area (Å²) in [6.45, 7) is 4.05. The molecule has 1 saturated heterocycles. The van der Waals surface area contributed by atoms with Crippen LogP contribution < -0.4 is 0 Å². The van der Waals surface area contributed by atoms with Gasteiger partial charge in [0, 0.05) is 38.1 Å². The first kappa shape index (κ1) is 21.8. The van der Waals surface area contributed by atoms with Crippen LogP contribution in [0.4, 0.5) is 0 Å². The quantitative estimate of drug-likeness (QED) is 0.352. The van der Waals surface area contributed by atoms with E-state index in [4.69, 9.17) is 16.6 Å². The van der Waals surface area contributed by atoms with Crippen LogP contribution >= 0.6 is 22.9 Å². The van der Waals surface area contributed by atoms with Crippen molar-refractivity contribution in [2.45, 2.75) is 0 Å². The molecule has 4 nitrogen and oxygen atoms in total. The molecule has 1 fully saturated rings. The number of pyridine rings is 1. The molecule has 3 heterocycles. The normalized spacial score (nSPS) is 14.9. The number of piperazine rings is 1. The van der Waals surface area contributed by atoms with E-state index in [0.29, 0.717) is 9.90 Å². The minimum atomic E-state index is 0.0666. The van der Waals surface area contributed by atoms with E-state index in [1.54, 1.807) is 0 Å². The SMILES string of the molecule is O=C(c1cc(-c2ccc(Cl)s2)nc2ccccc12)N1CCN(C/C=C/c2ccccc2)CC1. The Morgan fingerprint density at radius 3 is 2.48 bits per heavy atom. The first-order valence-corrected chi connectivity index (χ1v) is 12.3. The Morgan fingerprint density at radius 2 is 1.73 bits per heavy atom. The van der Waals surface area contributed by atoms with Gasteiger partial charge < -0.3 is 4.90 Å². The first-order chi connectivity index (χ1) is 16.2. The lowest BCUT2D eigenvalue weighted by Crippen LogP contribution is -2.48. The van der Waals surface area contributed by atoms with Gasteiger partial charge in [0.05, 0.1) is 26.0 Å².